The lowest BCUT2D eigenvalue weighted by Gasteiger charge is -2.37. The highest BCUT2D eigenvalue weighted by atomic mass is 16.5. The molecule has 0 saturated carbocycles. The van der Waals surface area contributed by atoms with Gasteiger partial charge < -0.3 is 14.2 Å². The van der Waals surface area contributed by atoms with E-state index in [1.54, 1.807) is 21.3 Å². The Labute approximate surface area is 177 Å². The summed E-state index contributed by atoms with van der Waals surface area (Å²) in [4.78, 5) is 13.5. The highest BCUT2D eigenvalue weighted by Gasteiger charge is 2.31. The van der Waals surface area contributed by atoms with Crippen LogP contribution in [0.25, 0.3) is 10.8 Å². The number of ether oxygens (including phenoxy) is 3. The first kappa shape index (κ1) is 20.2. The van der Waals surface area contributed by atoms with E-state index in [0.717, 1.165) is 47.9 Å². The Kier molecular flexibility index (Phi) is 5.64. The molecular weight excluding hydrogens is 378 g/mol. The molecule has 30 heavy (non-hydrogen) atoms. The predicted molar refractivity (Wildman–Crippen MR) is 118 cm³/mol. The van der Waals surface area contributed by atoms with E-state index in [1.165, 1.54) is 11.1 Å². The van der Waals surface area contributed by atoms with Gasteiger partial charge in [-0.15, -0.1) is 0 Å². The monoisotopic (exact) mass is 405 g/mol. The fraction of sp³-hybridized carbons (Fsp3) is 0.320. The molecule has 1 atom stereocenters. The molecule has 0 aromatic heterocycles. The molecule has 3 aromatic rings. The van der Waals surface area contributed by atoms with Crippen LogP contribution in [0, 0.1) is 0 Å². The third-order valence-corrected chi connectivity index (χ3v) is 6.04. The summed E-state index contributed by atoms with van der Waals surface area (Å²) in [6.45, 7) is 4.00. The molecule has 1 heterocycles. The molecule has 5 nitrogen and oxygen atoms in total. The maximum absolute atomic E-state index is 11.0. The number of carbonyl (C=O) groups excluding carboxylic acids is 1. The number of benzene rings is 3. The summed E-state index contributed by atoms with van der Waals surface area (Å²) in [5, 5.41) is 2.23. The zero-order chi connectivity index (χ0) is 21.3. The van der Waals surface area contributed by atoms with Crippen molar-refractivity contribution in [2.75, 3.05) is 27.9 Å². The number of nitrogens with zero attached hydrogens (tertiary/aromatic N) is 1. The molecule has 4 rings (SSSR count). The molecule has 1 aliphatic rings. The number of rotatable bonds is 6. The van der Waals surface area contributed by atoms with Crippen LogP contribution < -0.4 is 14.2 Å². The van der Waals surface area contributed by atoms with E-state index in [9.17, 15) is 4.79 Å². The minimum atomic E-state index is 0.177. The quantitative estimate of drug-likeness (QED) is 0.552. The van der Waals surface area contributed by atoms with Crippen molar-refractivity contribution < 1.29 is 19.0 Å². The minimum Gasteiger partial charge on any atom is -0.493 e. The Balaban J connectivity index is 1.65. The van der Waals surface area contributed by atoms with Crippen LogP contribution in [0.5, 0.6) is 17.2 Å². The van der Waals surface area contributed by atoms with Gasteiger partial charge in [-0.1, -0.05) is 24.3 Å². The normalized spacial score (nSPS) is 16.2. The number of aldehydes is 1. The molecule has 0 fully saturated rings. The van der Waals surface area contributed by atoms with Crippen LogP contribution in [0.2, 0.25) is 0 Å². The van der Waals surface area contributed by atoms with Gasteiger partial charge in [0.25, 0.3) is 0 Å². The molecule has 0 spiro atoms. The van der Waals surface area contributed by atoms with E-state index in [-0.39, 0.29) is 6.04 Å². The summed E-state index contributed by atoms with van der Waals surface area (Å²) < 4.78 is 16.9. The summed E-state index contributed by atoms with van der Waals surface area (Å²) in [7, 11) is 4.98. The first-order valence-electron chi connectivity index (χ1n) is 10.1. The fourth-order valence-corrected chi connectivity index (χ4v) is 4.47. The van der Waals surface area contributed by atoms with Crippen LogP contribution in [0.1, 0.15) is 40.0 Å². The molecule has 0 N–H and O–H groups in total. The lowest BCUT2D eigenvalue weighted by Crippen LogP contribution is -2.34. The van der Waals surface area contributed by atoms with E-state index in [0.29, 0.717) is 17.1 Å². The van der Waals surface area contributed by atoms with Crippen LogP contribution in [-0.2, 0) is 13.0 Å². The maximum atomic E-state index is 11.0. The Morgan fingerprint density at radius 1 is 0.967 bits per heavy atom. The third-order valence-electron chi connectivity index (χ3n) is 6.04. The Morgan fingerprint density at radius 2 is 1.70 bits per heavy atom. The second kappa shape index (κ2) is 8.36. The van der Waals surface area contributed by atoms with Crippen molar-refractivity contribution in [3.05, 3.63) is 64.7 Å². The predicted octanol–water partition coefficient (Wildman–Crippen LogP) is 4.80. The average molecular weight is 405 g/mol. The summed E-state index contributed by atoms with van der Waals surface area (Å²) in [6.07, 6.45) is 1.81. The standard InChI is InChI=1S/C25H27NO4/c1-16-23-21(13-22(28-2)24(29-3)25(23)30-4)9-10-26(16)14-17-5-7-20-12-18(15-27)6-8-19(20)11-17/h5-8,11-13,15-16H,9-10,14H2,1-4H3. The Hall–Kier alpha value is -3.05. The van der Waals surface area contributed by atoms with Crippen molar-refractivity contribution in [1.82, 2.24) is 4.90 Å². The van der Waals surface area contributed by atoms with Crippen LogP contribution >= 0.6 is 0 Å². The smallest absolute Gasteiger partial charge is 0.203 e. The van der Waals surface area contributed by atoms with Gasteiger partial charge in [0.05, 0.1) is 21.3 Å². The lowest BCUT2D eigenvalue weighted by molar-refractivity contribution is 0.112. The van der Waals surface area contributed by atoms with Crippen molar-refractivity contribution in [1.29, 1.82) is 0 Å². The van der Waals surface area contributed by atoms with E-state index >= 15 is 0 Å². The average Bonchev–Trinajstić information content (AvgIpc) is 2.79. The SMILES string of the molecule is COc1cc2c(c(OC)c1OC)C(C)N(Cc1ccc3cc(C=O)ccc3c1)CC2. The number of methoxy groups -OCH3 is 3. The van der Waals surface area contributed by atoms with E-state index in [2.05, 4.69) is 36.1 Å². The highest BCUT2D eigenvalue weighted by Crippen LogP contribution is 2.47. The van der Waals surface area contributed by atoms with Gasteiger partial charge in [0, 0.05) is 30.3 Å². The van der Waals surface area contributed by atoms with Crippen molar-refractivity contribution in [2.45, 2.75) is 25.9 Å². The molecular formula is C25H27NO4. The molecule has 156 valence electrons. The summed E-state index contributed by atoms with van der Waals surface area (Å²) in [6, 6.07) is 14.5. The zero-order valence-corrected chi connectivity index (χ0v) is 17.9. The van der Waals surface area contributed by atoms with Crippen LogP contribution in [0.4, 0.5) is 0 Å². The summed E-state index contributed by atoms with van der Waals surface area (Å²) in [5.41, 5.74) is 4.36. The number of hydrogen-bond donors (Lipinski definition) is 0. The maximum Gasteiger partial charge on any atom is 0.203 e. The number of hydrogen-bond acceptors (Lipinski definition) is 5. The third kappa shape index (κ3) is 3.50. The topological polar surface area (TPSA) is 48.0 Å². The van der Waals surface area contributed by atoms with Gasteiger partial charge in [0.1, 0.15) is 6.29 Å². The molecule has 0 amide bonds. The summed E-state index contributed by atoms with van der Waals surface area (Å²) >= 11 is 0. The molecule has 5 heteroatoms. The van der Waals surface area contributed by atoms with E-state index in [1.807, 2.05) is 18.2 Å². The zero-order valence-electron chi connectivity index (χ0n) is 17.9. The van der Waals surface area contributed by atoms with Gasteiger partial charge in [-0.05, 0) is 53.4 Å². The van der Waals surface area contributed by atoms with Crippen molar-refractivity contribution >= 4 is 17.1 Å². The number of fused-ring (bicyclic) bond motifs is 2. The number of carbonyl (C=O) groups is 1. The minimum absolute atomic E-state index is 0.177. The molecule has 0 radical (unpaired) electrons. The van der Waals surface area contributed by atoms with E-state index in [4.69, 9.17) is 14.2 Å². The molecule has 1 aliphatic heterocycles. The van der Waals surface area contributed by atoms with Gasteiger partial charge in [0.15, 0.2) is 11.5 Å². The second-order valence-electron chi connectivity index (χ2n) is 7.67. The summed E-state index contributed by atoms with van der Waals surface area (Å²) in [5.74, 6) is 2.10. The molecule has 0 bridgehead atoms. The van der Waals surface area contributed by atoms with Crippen molar-refractivity contribution in [3.63, 3.8) is 0 Å². The van der Waals surface area contributed by atoms with Crippen LogP contribution in [0.15, 0.2) is 42.5 Å². The second-order valence-corrected chi connectivity index (χ2v) is 7.67. The first-order valence-corrected chi connectivity index (χ1v) is 10.1. The van der Waals surface area contributed by atoms with E-state index < -0.39 is 0 Å². The van der Waals surface area contributed by atoms with Gasteiger partial charge in [0.2, 0.25) is 5.75 Å². The molecule has 0 aliphatic carbocycles. The van der Waals surface area contributed by atoms with Crippen molar-refractivity contribution in [2.24, 2.45) is 0 Å². The molecule has 1 unspecified atom stereocenters. The van der Waals surface area contributed by atoms with Gasteiger partial charge in [-0.3, -0.25) is 9.69 Å². The Bertz CT molecular complexity index is 1090. The fourth-order valence-electron chi connectivity index (χ4n) is 4.47. The van der Waals surface area contributed by atoms with Gasteiger partial charge in [-0.2, -0.15) is 0 Å². The molecule has 3 aromatic carbocycles. The van der Waals surface area contributed by atoms with Gasteiger partial charge in [-0.25, -0.2) is 0 Å². The van der Waals surface area contributed by atoms with Crippen molar-refractivity contribution in [3.8, 4) is 17.2 Å². The first-order chi connectivity index (χ1) is 14.6. The molecule has 0 saturated heterocycles. The highest BCUT2D eigenvalue weighted by molar-refractivity contribution is 5.89. The van der Waals surface area contributed by atoms with Gasteiger partial charge >= 0.3 is 0 Å². The van der Waals surface area contributed by atoms with Crippen LogP contribution in [-0.4, -0.2) is 39.1 Å². The van der Waals surface area contributed by atoms with Crippen LogP contribution in [0.3, 0.4) is 0 Å². The Morgan fingerprint density at radius 3 is 2.40 bits per heavy atom. The largest absolute Gasteiger partial charge is 0.493 e. The lowest BCUT2D eigenvalue weighted by atomic mass is 9.91.